The molecule has 0 fully saturated rings. The third-order valence-corrected chi connectivity index (χ3v) is 3.37. The molecule has 3 nitrogen and oxygen atoms in total. The van der Waals surface area contributed by atoms with Gasteiger partial charge in [-0.1, -0.05) is 12.1 Å². The Bertz CT molecular complexity index is 710. The standard InChI is InChI=1S/C16H12ClN3/c1-20(15-4-2-3-13(8-15)10-18)16-6-5-12(9-17)7-14(16)11-19/h2-8H,9H2,1H3. The summed E-state index contributed by atoms with van der Waals surface area (Å²) in [6.07, 6.45) is 0. The highest BCUT2D eigenvalue weighted by atomic mass is 35.5. The first-order valence-electron chi connectivity index (χ1n) is 6.02. The van der Waals surface area contributed by atoms with Crippen LogP contribution in [0.25, 0.3) is 0 Å². The van der Waals surface area contributed by atoms with E-state index < -0.39 is 0 Å². The van der Waals surface area contributed by atoms with Crippen molar-refractivity contribution in [3.8, 4) is 12.1 Å². The molecule has 0 aliphatic heterocycles. The zero-order chi connectivity index (χ0) is 14.5. The first-order valence-corrected chi connectivity index (χ1v) is 6.56. The number of halogens is 1. The molecule has 0 amide bonds. The summed E-state index contributed by atoms with van der Waals surface area (Å²) in [5.41, 5.74) is 3.71. The topological polar surface area (TPSA) is 50.8 Å². The summed E-state index contributed by atoms with van der Waals surface area (Å²) >= 11 is 5.79. The predicted molar refractivity (Wildman–Crippen MR) is 79.9 cm³/mol. The summed E-state index contributed by atoms with van der Waals surface area (Å²) in [7, 11) is 1.87. The van der Waals surface area contributed by atoms with Crippen LogP contribution in [0.5, 0.6) is 0 Å². The summed E-state index contributed by atoms with van der Waals surface area (Å²) in [5, 5.41) is 18.2. The van der Waals surface area contributed by atoms with Gasteiger partial charge < -0.3 is 4.90 Å². The van der Waals surface area contributed by atoms with Crippen molar-refractivity contribution in [2.75, 3.05) is 11.9 Å². The molecule has 0 atom stereocenters. The number of nitrogens with zero attached hydrogens (tertiary/aromatic N) is 3. The van der Waals surface area contributed by atoms with Crippen molar-refractivity contribution >= 4 is 23.0 Å². The van der Waals surface area contributed by atoms with Crippen molar-refractivity contribution in [1.82, 2.24) is 0 Å². The van der Waals surface area contributed by atoms with E-state index in [1.165, 1.54) is 0 Å². The van der Waals surface area contributed by atoms with Gasteiger partial charge in [0.25, 0.3) is 0 Å². The third-order valence-electron chi connectivity index (χ3n) is 3.06. The Morgan fingerprint density at radius 1 is 1.10 bits per heavy atom. The second kappa shape index (κ2) is 6.10. The highest BCUT2D eigenvalue weighted by Gasteiger charge is 2.10. The summed E-state index contributed by atoms with van der Waals surface area (Å²) in [6, 6.07) is 17.1. The number of rotatable bonds is 3. The Morgan fingerprint density at radius 2 is 1.90 bits per heavy atom. The minimum atomic E-state index is 0.378. The summed E-state index contributed by atoms with van der Waals surface area (Å²) < 4.78 is 0. The molecule has 0 bridgehead atoms. The van der Waals surface area contributed by atoms with Gasteiger partial charge in [-0.3, -0.25) is 0 Å². The van der Waals surface area contributed by atoms with Gasteiger partial charge in [0, 0.05) is 18.6 Å². The van der Waals surface area contributed by atoms with E-state index in [0.717, 1.165) is 16.9 Å². The van der Waals surface area contributed by atoms with Crippen LogP contribution in [0.15, 0.2) is 42.5 Å². The molecular weight excluding hydrogens is 270 g/mol. The molecule has 2 aromatic rings. The van der Waals surface area contributed by atoms with Crippen molar-refractivity contribution in [1.29, 1.82) is 10.5 Å². The van der Waals surface area contributed by atoms with Crippen LogP contribution in [-0.2, 0) is 5.88 Å². The Balaban J connectivity index is 2.45. The van der Waals surface area contributed by atoms with Crippen molar-refractivity contribution in [3.63, 3.8) is 0 Å². The zero-order valence-electron chi connectivity index (χ0n) is 11.0. The van der Waals surface area contributed by atoms with Crippen molar-refractivity contribution in [2.24, 2.45) is 0 Å². The van der Waals surface area contributed by atoms with E-state index in [1.54, 1.807) is 18.2 Å². The number of hydrogen-bond donors (Lipinski definition) is 0. The van der Waals surface area contributed by atoms with Crippen molar-refractivity contribution in [3.05, 3.63) is 59.2 Å². The molecule has 0 spiro atoms. The van der Waals surface area contributed by atoms with Crippen LogP contribution in [0.3, 0.4) is 0 Å². The lowest BCUT2D eigenvalue weighted by Crippen LogP contribution is -2.11. The van der Waals surface area contributed by atoms with Crippen LogP contribution in [-0.4, -0.2) is 7.05 Å². The number of hydrogen-bond acceptors (Lipinski definition) is 3. The Hall–Kier alpha value is -2.49. The summed E-state index contributed by atoms with van der Waals surface area (Å²) in [6.45, 7) is 0. The smallest absolute Gasteiger partial charge is 0.101 e. The van der Waals surface area contributed by atoms with Crippen LogP contribution in [0, 0.1) is 22.7 Å². The molecule has 0 saturated heterocycles. The van der Waals surface area contributed by atoms with E-state index in [9.17, 15) is 5.26 Å². The second-order valence-corrected chi connectivity index (χ2v) is 4.59. The molecule has 2 rings (SSSR count). The fraction of sp³-hybridized carbons (Fsp3) is 0.125. The number of anilines is 2. The number of alkyl halides is 1. The Labute approximate surface area is 123 Å². The molecule has 0 N–H and O–H groups in total. The molecule has 0 aliphatic carbocycles. The molecule has 0 radical (unpaired) electrons. The van der Waals surface area contributed by atoms with Crippen LogP contribution < -0.4 is 4.90 Å². The van der Waals surface area contributed by atoms with Gasteiger partial charge in [0.05, 0.1) is 22.9 Å². The molecular formula is C16H12ClN3. The molecule has 0 aromatic heterocycles. The summed E-state index contributed by atoms with van der Waals surface area (Å²) in [5.74, 6) is 0.378. The summed E-state index contributed by atoms with van der Waals surface area (Å²) in [4.78, 5) is 1.89. The third kappa shape index (κ3) is 2.74. The predicted octanol–water partition coefficient (Wildman–Crippen LogP) is 3.94. The maximum absolute atomic E-state index is 9.26. The Morgan fingerprint density at radius 3 is 2.55 bits per heavy atom. The average Bonchev–Trinajstić information content (AvgIpc) is 2.53. The van der Waals surface area contributed by atoms with E-state index in [2.05, 4.69) is 12.1 Å². The number of nitriles is 2. The minimum Gasteiger partial charge on any atom is -0.344 e. The zero-order valence-corrected chi connectivity index (χ0v) is 11.7. The van der Waals surface area contributed by atoms with Gasteiger partial charge in [-0.15, -0.1) is 11.6 Å². The second-order valence-electron chi connectivity index (χ2n) is 4.32. The van der Waals surface area contributed by atoms with E-state index in [4.69, 9.17) is 16.9 Å². The van der Waals surface area contributed by atoms with Gasteiger partial charge in [-0.25, -0.2) is 0 Å². The first kappa shape index (κ1) is 13.9. The van der Waals surface area contributed by atoms with Gasteiger partial charge >= 0.3 is 0 Å². The highest BCUT2D eigenvalue weighted by molar-refractivity contribution is 6.17. The van der Waals surface area contributed by atoms with Gasteiger partial charge in [-0.2, -0.15) is 10.5 Å². The van der Waals surface area contributed by atoms with Gasteiger partial charge in [0.1, 0.15) is 6.07 Å². The van der Waals surface area contributed by atoms with E-state index >= 15 is 0 Å². The van der Waals surface area contributed by atoms with Crippen LogP contribution >= 0.6 is 11.6 Å². The fourth-order valence-corrected chi connectivity index (χ4v) is 2.14. The lowest BCUT2D eigenvalue weighted by Gasteiger charge is -2.21. The average molecular weight is 282 g/mol. The molecule has 20 heavy (non-hydrogen) atoms. The first-order chi connectivity index (χ1) is 9.69. The largest absolute Gasteiger partial charge is 0.344 e. The van der Waals surface area contributed by atoms with E-state index in [0.29, 0.717) is 17.0 Å². The van der Waals surface area contributed by atoms with Crippen molar-refractivity contribution in [2.45, 2.75) is 5.88 Å². The molecule has 98 valence electrons. The maximum atomic E-state index is 9.26. The monoisotopic (exact) mass is 281 g/mol. The lowest BCUT2D eigenvalue weighted by molar-refractivity contribution is 1.19. The lowest BCUT2D eigenvalue weighted by atomic mass is 10.1. The quantitative estimate of drug-likeness (QED) is 0.801. The van der Waals surface area contributed by atoms with Gasteiger partial charge in [0.2, 0.25) is 0 Å². The molecule has 4 heteroatoms. The molecule has 0 unspecified atom stereocenters. The van der Waals surface area contributed by atoms with Crippen LogP contribution in [0.2, 0.25) is 0 Å². The SMILES string of the molecule is CN(c1cccc(C#N)c1)c1ccc(CCl)cc1C#N. The fourth-order valence-electron chi connectivity index (χ4n) is 1.97. The molecule has 0 saturated carbocycles. The van der Waals surface area contributed by atoms with E-state index in [1.807, 2.05) is 36.2 Å². The van der Waals surface area contributed by atoms with Crippen molar-refractivity contribution < 1.29 is 0 Å². The highest BCUT2D eigenvalue weighted by Crippen LogP contribution is 2.28. The molecule has 0 aliphatic rings. The maximum Gasteiger partial charge on any atom is 0.101 e. The van der Waals surface area contributed by atoms with Crippen LogP contribution in [0.4, 0.5) is 11.4 Å². The normalized spacial score (nSPS) is 9.60. The van der Waals surface area contributed by atoms with Crippen LogP contribution in [0.1, 0.15) is 16.7 Å². The van der Waals surface area contributed by atoms with Gasteiger partial charge in [0.15, 0.2) is 0 Å². The minimum absolute atomic E-state index is 0.378. The molecule has 2 aromatic carbocycles. The van der Waals surface area contributed by atoms with Gasteiger partial charge in [-0.05, 0) is 35.9 Å². The molecule has 0 heterocycles. The Kier molecular flexibility index (Phi) is 4.25. The van der Waals surface area contributed by atoms with E-state index in [-0.39, 0.29) is 0 Å². The number of benzene rings is 2.